The van der Waals surface area contributed by atoms with Crippen LogP contribution < -0.4 is 4.90 Å². The first-order valence-corrected chi connectivity index (χ1v) is 12.6. The van der Waals surface area contributed by atoms with Crippen LogP contribution in [0.1, 0.15) is 32.9 Å². The molecule has 0 bridgehead atoms. The summed E-state index contributed by atoms with van der Waals surface area (Å²) in [7, 11) is 0. The van der Waals surface area contributed by atoms with Gasteiger partial charge < -0.3 is 14.2 Å². The van der Waals surface area contributed by atoms with E-state index < -0.39 is 0 Å². The number of amides is 1. The molecular weight excluding hydrogens is 509 g/mol. The summed E-state index contributed by atoms with van der Waals surface area (Å²) < 4.78 is 6.14. The topological polar surface area (TPSA) is 101 Å². The van der Waals surface area contributed by atoms with Crippen molar-refractivity contribution >= 4 is 46.4 Å². The van der Waals surface area contributed by atoms with Gasteiger partial charge in [0.1, 0.15) is 4.88 Å². The Kier molecular flexibility index (Phi) is 5.66. The van der Waals surface area contributed by atoms with Crippen LogP contribution in [0.5, 0.6) is 0 Å². The third kappa shape index (κ3) is 4.15. The first kappa shape index (κ1) is 22.4. The minimum Gasteiger partial charge on any atom is -0.425 e. The van der Waals surface area contributed by atoms with Gasteiger partial charge in [0, 0.05) is 44.0 Å². The monoisotopic (exact) mass is 527 g/mol. The van der Waals surface area contributed by atoms with E-state index >= 15 is 0 Å². The lowest BCUT2D eigenvalue weighted by Gasteiger charge is -2.49. The van der Waals surface area contributed by atoms with Crippen LogP contribution in [0.2, 0.25) is 10.0 Å². The van der Waals surface area contributed by atoms with E-state index in [1.54, 1.807) is 42.3 Å². The van der Waals surface area contributed by atoms with Crippen molar-refractivity contribution in [2.24, 2.45) is 5.41 Å². The number of likely N-dealkylation sites (tertiary alicyclic amines) is 1. The van der Waals surface area contributed by atoms with Crippen molar-refractivity contribution < 1.29 is 9.21 Å². The normalized spacial score (nSPS) is 18.7. The molecule has 1 atom stereocenters. The number of hydrogen-bond donors (Lipinski definition) is 0. The molecule has 0 saturated carbocycles. The van der Waals surface area contributed by atoms with Crippen LogP contribution >= 0.6 is 34.5 Å². The van der Waals surface area contributed by atoms with Crippen molar-refractivity contribution in [1.29, 1.82) is 0 Å². The number of thiazole rings is 1. The Balaban J connectivity index is 1.26. The maximum absolute atomic E-state index is 13.1. The average molecular weight is 528 g/mol. The summed E-state index contributed by atoms with van der Waals surface area (Å²) in [5.74, 6) is 1.57. The van der Waals surface area contributed by atoms with Gasteiger partial charge in [0.2, 0.25) is 17.7 Å². The van der Waals surface area contributed by atoms with Crippen LogP contribution in [-0.4, -0.2) is 62.1 Å². The molecule has 0 radical (unpaired) electrons. The number of anilines is 1. The summed E-state index contributed by atoms with van der Waals surface area (Å²) >= 11 is 13.5. The van der Waals surface area contributed by atoms with E-state index in [1.165, 1.54) is 11.3 Å². The molecule has 1 unspecified atom stereocenters. The molecule has 35 heavy (non-hydrogen) atoms. The van der Waals surface area contributed by atoms with Crippen LogP contribution in [0.25, 0.3) is 0 Å². The number of rotatable bonds is 5. The fraction of sp³-hybridized carbons (Fsp3) is 0.304. The second kappa shape index (κ2) is 8.85. The highest BCUT2D eigenvalue weighted by molar-refractivity contribution is 7.11. The number of carbonyl (C=O) groups excluding carboxylic acids is 1. The van der Waals surface area contributed by atoms with E-state index in [4.69, 9.17) is 27.6 Å². The molecule has 9 nitrogen and oxygen atoms in total. The average Bonchev–Trinajstić information content (AvgIpc) is 3.60. The van der Waals surface area contributed by atoms with Crippen LogP contribution in [-0.2, 0) is 6.42 Å². The lowest BCUT2D eigenvalue weighted by Crippen LogP contribution is -2.60. The number of benzene rings is 1. The Morgan fingerprint density at radius 1 is 1.14 bits per heavy atom. The molecule has 2 saturated heterocycles. The smallest absolute Gasteiger partial charge is 0.265 e. The van der Waals surface area contributed by atoms with Gasteiger partial charge in [-0.25, -0.2) is 9.97 Å². The fourth-order valence-corrected chi connectivity index (χ4v) is 5.78. The van der Waals surface area contributed by atoms with Crippen LogP contribution in [0.4, 0.5) is 5.95 Å². The molecule has 1 aromatic carbocycles. The number of hydrogen-bond acceptors (Lipinski definition) is 9. The predicted molar refractivity (Wildman–Crippen MR) is 131 cm³/mol. The Bertz CT molecular complexity index is 1360. The minimum atomic E-state index is -0.229. The Labute approximate surface area is 214 Å². The first-order valence-electron chi connectivity index (χ1n) is 11.0. The molecule has 1 amide bonds. The zero-order chi connectivity index (χ0) is 24.0. The predicted octanol–water partition coefficient (Wildman–Crippen LogP) is 3.96. The molecule has 12 heteroatoms. The molecule has 2 aliphatic heterocycles. The molecule has 0 aliphatic carbocycles. The standard InChI is InChI=1S/C23H19Cl2N7O2S/c24-16-3-2-14(6-17(16)25)7-19-29-30-20(34-19)15-9-31(21(33)18-8-26-13-35-18)10-23(15)11-32(12-23)22-27-4-1-5-28-22/h1-6,8,13,15H,7,9-12H2. The number of halogens is 2. The SMILES string of the molecule is O=C(c1cncs1)N1CC(c2nnc(Cc3ccc(Cl)c(Cl)c3)o2)C2(C1)CN(c1ncccn1)C2. The minimum absolute atomic E-state index is 0.0284. The van der Waals surface area contributed by atoms with Gasteiger partial charge in [0.15, 0.2) is 0 Å². The zero-order valence-corrected chi connectivity index (χ0v) is 20.7. The van der Waals surface area contributed by atoms with Gasteiger partial charge in [0.25, 0.3) is 5.91 Å². The summed E-state index contributed by atoms with van der Waals surface area (Å²) in [6, 6.07) is 7.22. The molecule has 3 aromatic heterocycles. The maximum Gasteiger partial charge on any atom is 0.265 e. The summed E-state index contributed by atoms with van der Waals surface area (Å²) in [4.78, 5) is 30.5. The second-order valence-corrected chi connectivity index (χ2v) is 10.5. The highest BCUT2D eigenvalue weighted by Gasteiger charge is 2.58. The number of carbonyl (C=O) groups is 1. The van der Waals surface area contributed by atoms with Crippen LogP contribution in [0.3, 0.4) is 0 Å². The molecule has 1 spiro atoms. The molecule has 2 fully saturated rings. The van der Waals surface area contributed by atoms with Gasteiger partial charge in [-0.3, -0.25) is 9.78 Å². The third-order valence-corrected chi connectivity index (χ3v) is 8.04. The van der Waals surface area contributed by atoms with Gasteiger partial charge in [-0.1, -0.05) is 29.3 Å². The van der Waals surface area contributed by atoms with Crippen molar-refractivity contribution in [3.05, 3.63) is 80.6 Å². The van der Waals surface area contributed by atoms with Crippen molar-refractivity contribution in [3.8, 4) is 0 Å². The fourth-order valence-electron chi connectivity index (χ4n) is 4.87. The van der Waals surface area contributed by atoms with E-state index in [1.807, 2.05) is 11.0 Å². The van der Waals surface area contributed by atoms with E-state index in [-0.39, 0.29) is 17.2 Å². The van der Waals surface area contributed by atoms with E-state index in [0.717, 1.165) is 5.56 Å². The Morgan fingerprint density at radius 3 is 2.71 bits per heavy atom. The van der Waals surface area contributed by atoms with Gasteiger partial charge in [-0.15, -0.1) is 21.5 Å². The van der Waals surface area contributed by atoms with Crippen molar-refractivity contribution in [2.75, 3.05) is 31.1 Å². The molecule has 6 rings (SSSR count). The van der Waals surface area contributed by atoms with E-state index in [0.29, 0.717) is 65.3 Å². The lowest BCUT2D eigenvalue weighted by molar-refractivity contribution is 0.0766. The van der Waals surface area contributed by atoms with Crippen molar-refractivity contribution in [3.63, 3.8) is 0 Å². The lowest BCUT2D eigenvalue weighted by atomic mass is 9.71. The largest absolute Gasteiger partial charge is 0.425 e. The highest BCUT2D eigenvalue weighted by Crippen LogP contribution is 2.49. The highest BCUT2D eigenvalue weighted by atomic mass is 35.5. The van der Waals surface area contributed by atoms with Gasteiger partial charge >= 0.3 is 0 Å². The van der Waals surface area contributed by atoms with Crippen LogP contribution in [0.15, 0.2) is 52.8 Å². The molecule has 4 aromatic rings. The zero-order valence-electron chi connectivity index (χ0n) is 18.3. The molecule has 178 valence electrons. The quantitative estimate of drug-likeness (QED) is 0.384. The summed E-state index contributed by atoms with van der Waals surface area (Å²) in [5, 5.41) is 9.66. The number of aromatic nitrogens is 5. The summed E-state index contributed by atoms with van der Waals surface area (Å²) in [6.45, 7) is 2.47. The van der Waals surface area contributed by atoms with Gasteiger partial charge in [-0.05, 0) is 23.8 Å². The third-order valence-electron chi connectivity index (χ3n) is 6.54. The van der Waals surface area contributed by atoms with E-state index in [9.17, 15) is 4.79 Å². The van der Waals surface area contributed by atoms with Crippen molar-refractivity contribution in [2.45, 2.75) is 12.3 Å². The molecule has 0 N–H and O–H groups in total. The van der Waals surface area contributed by atoms with E-state index in [2.05, 4.69) is 30.0 Å². The van der Waals surface area contributed by atoms with Gasteiger partial charge in [-0.2, -0.15) is 0 Å². The summed E-state index contributed by atoms with van der Waals surface area (Å²) in [5.41, 5.74) is 2.36. The molecule has 2 aliphatic rings. The summed E-state index contributed by atoms with van der Waals surface area (Å²) in [6.07, 6.45) is 5.51. The van der Waals surface area contributed by atoms with Gasteiger partial charge in [0.05, 0.1) is 34.1 Å². The van der Waals surface area contributed by atoms with Crippen molar-refractivity contribution in [1.82, 2.24) is 30.0 Å². The Morgan fingerprint density at radius 2 is 1.97 bits per heavy atom. The maximum atomic E-state index is 13.1. The first-order chi connectivity index (χ1) is 17.0. The molecular formula is C23H19Cl2N7O2S. The second-order valence-electron chi connectivity index (χ2n) is 8.83. The molecule has 5 heterocycles. The van der Waals surface area contributed by atoms with Crippen LogP contribution in [0, 0.1) is 5.41 Å². The Hall–Kier alpha value is -3.08. The number of nitrogens with zero attached hydrogens (tertiary/aromatic N) is 7.